The third-order valence-electron chi connectivity index (χ3n) is 2.44. The number of halogens is 1. The van der Waals surface area contributed by atoms with Gasteiger partial charge in [0, 0.05) is 23.6 Å². The van der Waals surface area contributed by atoms with Crippen LogP contribution in [0.5, 0.6) is 0 Å². The highest BCUT2D eigenvalue weighted by atomic mass is 79.9. The molecule has 0 fully saturated rings. The number of hydrogen-bond acceptors (Lipinski definition) is 4. The van der Waals surface area contributed by atoms with Gasteiger partial charge in [0.2, 0.25) is 0 Å². The second-order valence-corrected chi connectivity index (χ2v) is 4.76. The summed E-state index contributed by atoms with van der Waals surface area (Å²) in [5.41, 5.74) is 0.996. The molecular weight excluding hydrogens is 282 g/mol. The summed E-state index contributed by atoms with van der Waals surface area (Å²) in [4.78, 5) is 8.37. The summed E-state index contributed by atoms with van der Waals surface area (Å²) >= 11 is 3.43. The molecular formula is C12H14BrN3O. The number of aryl methyl sites for hydroxylation is 1. The highest BCUT2D eigenvalue weighted by Crippen LogP contribution is 2.15. The van der Waals surface area contributed by atoms with Crippen LogP contribution in [0.15, 0.2) is 33.4 Å². The van der Waals surface area contributed by atoms with Crippen LogP contribution in [-0.4, -0.2) is 9.97 Å². The van der Waals surface area contributed by atoms with E-state index < -0.39 is 0 Å². The molecule has 0 aliphatic rings. The third kappa shape index (κ3) is 3.38. The molecule has 0 aromatic carbocycles. The lowest BCUT2D eigenvalue weighted by molar-refractivity contribution is 0.437. The monoisotopic (exact) mass is 295 g/mol. The fraction of sp³-hybridized carbons (Fsp3) is 0.333. The van der Waals surface area contributed by atoms with Crippen LogP contribution in [0.2, 0.25) is 0 Å². The Morgan fingerprint density at radius 3 is 2.94 bits per heavy atom. The quantitative estimate of drug-likeness (QED) is 0.942. The van der Waals surface area contributed by atoms with Crippen molar-refractivity contribution < 1.29 is 4.42 Å². The number of hydrogen-bond donors (Lipinski definition) is 1. The van der Waals surface area contributed by atoms with Gasteiger partial charge in [-0.2, -0.15) is 0 Å². The first-order valence-electron chi connectivity index (χ1n) is 5.41. The van der Waals surface area contributed by atoms with Crippen molar-refractivity contribution in [1.29, 1.82) is 0 Å². The average molecular weight is 296 g/mol. The van der Waals surface area contributed by atoms with Crippen molar-refractivity contribution in [2.45, 2.75) is 26.4 Å². The molecule has 4 nitrogen and oxygen atoms in total. The lowest BCUT2D eigenvalue weighted by Gasteiger charge is -2.12. The molecule has 1 N–H and O–H groups in total. The highest BCUT2D eigenvalue weighted by Gasteiger charge is 2.08. The van der Waals surface area contributed by atoms with E-state index >= 15 is 0 Å². The third-order valence-corrected chi connectivity index (χ3v) is 2.93. The number of nitrogens with zero attached hydrogens (tertiary/aromatic N) is 2. The number of oxazole rings is 1. The van der Waals surface area contributed by atoms with Crippen LogP contribution in [0.3, 0.4) is 0 Å². The molecule has 90 valence electrons. The van der Waals surface area contributed by atoms with Gasteiger partial charge in [-0.05, 0) is 19.1 Å². The van der Waals surface area contributed by atoms with Crippen molar-refractivity contribution in [3.63, 3.8) is 0 Å². The standard InChI is InChI=1S/C12H14BrN3O/c1-8(12-5-10(13)3-4-14-12)15-6-11-7-16-9(2)17-11/h3-5,7-8,15H,6H2,1-2H3. The molecule has 0 saturated carbocycles. The highest BCUT2D eigenvalue weighted by molar-refractivity contribution is 9.10. The minimum absolute atomic E-state index is 0.165. The van der Waals surface area contributed by atoms with E-state index in [4.69, 9.17) is 4.42 Å². The minimum Gasteiger partial charge on any atom is -0.445 e. The molecule has 2 aromatic heterocycles. The zero-order chi connectivity index (χ0) is 12.3. The Morgan fingerprint density at radius 2 is 2.29 bits per heavy atom. The Bertz CT molecular complexity index is 498. The smallest absolute Gasteiger partial charge is 0.191 e. The van der Waals surface area contributed by atoms with E-state index in [1.807, 2.05) is 19.1 Å². The summed E-state index contributed by atoms with van der Waals surface area (Å²) in [5, 5.41) is 3.34. The molecule has 0 radical (unpaired) electrons. The van der Waals surface area contributed by atoms with Crippen LogP contribution >= 0.6 is 15.9 Å². The summed E-state index contributed by atoms with van der Waals surface area (Å²) in [6, 6.07) is 4.08. The topological polar surface area (TPSA) is 51.0 Å². The summed E-state index contributed by atoms with van der Waals surface area (Å²) in [6.45, 7) is 4.55. The Morgan fingerprint density at radius 1 is 1.47 bits per heavy atom. The van der Waals surface area contributed by atoms with Crippen LogP contribution in [-0.2, 0) is 6.54 Å². The van der Waals surface area contributed by atoms with Gasteiger partial charge in [-0.15, -0.1) is 0 Å². The van der Waals surface area contributed by atoms with Crippen LogP contribution in [0, 0.1) is 6.92 Å². The molecule has 2 aromatic rings. The SMILES string of the molecule is Cc1ncc(CNC(C)c2cc(Br)ccn2)o1. The van der Waals surface area contributed by atoms with Crippen LogP contribution in [0.1, 0.15) is 30.3 Å². The molecule has 1 unspecified atom stereocenters. The number of rotatable bonds is 4. The molecule has 0 amide bonds. The van der Waals surface area contributed by atoms with Crippen molar-refractivity contribution in [2.75, 3.05) is 0 Å². The minimum atomic E-state index is 0.165. The van der Waals surface area contributed by atoms with E-state index in [1.54, 1.807) is 12.4 Å². The van der Waals surface area contributed by atoms with Gasteiger partial charge >= 0.3 is 0 Å². The van der Waals surface area contributed by atoms with Gasteiger partial charge in [-0.1, -0.05) is 15.9 Å². The molecule has 1 atom stereocenters. The van der Waals surface area contributed by atoms with Gasteiger partial charge in [-0.25, -0.2) is 4.98 Å². The maximum Gasteiger partial charge on any atom is 0.191 e. The van der Waals surface area contributed by atoms with Crippen molar-refractivity contribution in [3.05, 3.63) is 46.3 Å². The second-order valence-electron chi connectivity index (χ2n) is 3.85. The fourth-order valence-electron chi connectivity index (χ4n) is 1.50. The molecule has 17 heavy (non-hydrogen) atoms. The molecule has 0 saturated heterocycles. The zero-order valence-corrected chi connectivity index (χ0v) is 11.4. The predicted molar refractivity (Wildman–Crippen MR) is 68.4 cm³/mol. The van der Waals surface area contributed by atoms with Crippen LogP contribution in [0.4, 0.5) is 0 Å². The van der Waals surface area contributed by atoms with Gasteiger partial charge < -0.3 is 9.73 Å². The lowest BCUT2D eigenvalue weighted by atomic mass is 10.2. The average Bonchev–Trinajstić information content (AvgIpc) is 2.72. The Balaban J connectivity index is 1.95. The van der Waals surface area contributed by atoms with Gasteiger partial charge in [0.1, 0.15) is 5.76 Å². The van der Waals surface area contributed by atoms with E-state index in [1.165, 1.54) is 0 Å². The van der Waals surface area contributed by atoms with Crippen molar-refractivity contribution in [1.82, 2.24) is 15.3 Å². The fourth-order valence-corrected chi connectivity index (χ4v) is 1.86. The van der Waals surface area contributed by atoms with Crippen LogP contribution in [0.25, 0.3) is 0 Å². The molecule has 2 rings (SSSR count). The normalized spacial score (nSPS) is 12.6. The summed E-state index contributed by atoms with van der Waals surface area (Å²) in [6.07, 6.45) is 3.53. The van der Waals surface area contributed by atoms with E-state index in [0.717, 1.165) is 15.9 Å². The van der Waals surface area contributed by atoms with Crippen molar-refractivity contribution in [3.8, 4) is 0 Å². The van der Waals surface area contributed by atoms with Gasteiger partial charge in [-0.3, -0.25) is 4.98 Å². The second kappa shape index (κ2) is 5.42. The first-order chi connectivity index (χ1) is 8.15. The summed E-state index contributed by atoms with van der Waals surface area (Å²) < 4.78 is 6.42. The Hall–Kier alpha value is -1.20. The van der Waals surface area contributed by atoms with E-state index in [-0.39, 0.29) is 6.04 Å². The number of nitrogens with one attached hydrogen (secondary N) is 1. The van der Waals surface area contributed by atoms with E-state index in [0.29, 0.717) is 12.4 Å². The van der Waals surface area contributed by atoms with Gasteiger partial charge in [0.15, 0.2) is 5.89 Å². The molecule has 2 heterocycles. The van der Waals surface area contributed by atoms with Crippen molar-refractivity contribution >= 4 is 15.9 Å². The Kier molecular flexibility index (Phi) is 3.91. The zero-order valence-electron chi connectivity index (χ0n) is 9.77. The molecule has 0 spiro atoms. The lowest BCUT2D eigenvalue weighted by Crippen LogP contribution is -2.18. The first kappa shape index (κ1) is 12.3. The molecule has 0 aliphatic heterocycles. The molecule has 5 heteroatoms. The first-order valence-corrected chi connectivity index (χ1v) is 6.20. The molecule has 0 aliphatic carbocycles. The maximum atomic E-state index is 5.39. The van der Waals surface area contributed by atoms with Crippen molar-refractivity contribution in [2.24, 2.45) is 0 Å². The maximum absolute atomic E-state index is 5.39. The number of pyridine rings is 1. The van der Waals surface area contributed by atoms with Gasteiger partial charge in [0.25, 0.3) is 0 Å². The van der Waals surface area contributed by atoms with Crippen LogP contribution < -0.4 is 5.32 Å². The summed E-state index contributed by atoms with van der Waals surface area (Å²) in [5.74, 6) is 1.53. The summed E-state index contributed by atoms with van der Waals surface area (Å²) in [7, 11) is 0. The number of aromatic nitrogens is 2. The Labute approximate surface area is 109 Å². The largest absolute Gasteiger partial charge is 0.445 e. The molecule has 0 bridgehead atoms. The van der Waals surface area contributed by atoms with E-state index in [2.05, 4.69) is 38.1 Å². The predicted octanol–water partition coefficient (Wildman–Crippen LogP) is 2.99. The van der Waals surface area contributed by atoms with Gasteiger partial charge in [0.05, 0.1) is 18.4 Å². The van der Waals surface area contributed by atoms with E-state index in [9.17, 15) is 0 Å².